The van der Waals surface area contributed by atoms with Crippen LogP contribution < -0.4 is 5.73 Å². The Labute approximate surface area is 101 Å². The van der Waals surface area contributed by atoms with Gasteiger partial charge in [-0.2, -0.15) is 0 Å². The second-order valence-electron chi connectivity index (χ2n) is 3.28. The standard InChI is InChI=1S/C10H6Cl2N2O2/c11-3-1-5(13)7-8(9(3)15)6(14)2-4(12)10(7)16/h1-2,13,16H,14H2. The number of phenolic OH excluding ortho intramolecular Hbond substituents is 1. The van der Waals surface area contributed by atoms with Crippen molar-refractivity contribution in [2.45, 2.75) is 0 Å². The first-order valence-electron chi connectivity index (χ1n) is 4.25. The maximum absolute atomic E-state index is 11.7. The number of hydrogen-bond acceptors (Lipinski definition) is 4. The summed E-state index contributed by atoms with van der Waals surface area (Å²) in [5, 5.41) is 17.2. The molecule has 4 nitrogen and oxygen atoms in total. The van der Waals surface area contributed by atoms with E-state index in [-0.39, 0.29) is 38.3 Å². The van der Waals surface area contributed by atoms with Gasteiger partial charge in [0.2, 0.25) is 5.78 Å². The Morgan fingerprint density at radius 2 is 1.94 bits per heavy atom. The van der Waals surface area contributed by atoms with E-state index in [9.17, 15) is 9.90 Å². The smallest absolute Gasteiger partial charge is 0.207 e. The number of nitrogens with two attached hydrogens (primary N) is 1. The number of carbonyl (C=O) groups excluding carboxylic acids is 1. The highest BCUT2D eigenvalue weighted by atomic mass is 35.5. The minimum absolute atomic E-state index is 0.000206. The minimum Gasteiger partial charge on any atom is -0.506 e. The second-order valence-corrected chi connectivity index (χ2v) is 4.10. The molecule has 2 rings (SSSR count). The average molecular weight is 257 g/mol. The van der Waals surface area contributed by atoms with Crippen LogP contribution in [-0.4, -0.2) is 16.6 Å². The van der Waals surface area contributed by atoms with Crippen molar-refractivity contribution in [3.63, 3.8) is 0 Å². The second kappa shape index (κ2) is 3.50. The third-order valence-corrected chi connectivity index (χ3v) is 2.84. The molecular formula is C10H6Cl2N2O2. The zero-order valence-corrected chi connectivity index (χ0v) is 9.36. The number of carbonyl (C=O) groups is 1. The number of halogens is 2. The summed E-state index contributed by atoms with van der Waals surface area (Å²) in [5.74, 6) is -0.846. The van der Waals surface area contributed by atoms with Crippen molar-refractivity contribution in [3.8, 4) is 5.75 Å². The number of ketones is 1. The highest BCUT2D eigenvalue weighted by molar-refractivity contribution is 6.50. The summed E-state index contributed by atoms with van der Waals surface area (Å²) < 4.78 is 0. The maximum Gasteiger partial charge on any atom is 0.207 e. The molecule has 0 bridgehead atoms. The number of fused-ring (bicyclic) bond motifs is 1. The Morgan fingerprint density at radius 3 is 2.56 bits per heavy atom. The number of Topliss-reactive ketones (excluding diaryl/α,β-unsaturated/α-hetero) is 1. The number of aromatic hydroxyl groups is 1. The monoisotopic (exact) mass is 256 g/mol. The predicted molar refractivity (Wildman–Crippen MR) is 62.6 cm³/mol. The van der Waals surface area contributed by atoms with Gasteiger partial charge in [0.25, 0.3) is 0 Å². The summed E-state index contributed by atoms with van der Waals surface area (Å²) in [7, 11) is 0. The van der Waals surface area contributed by atoms with E-state index >= 15 is 0 Å². The molecule has 0 saturated carbocycles. The van der Waals surface area contributed by atoms with Crippen LogP contribution in [0.15, 0.2) is 17.2 Å². The molecule has 1 aliphatic carbocycles. The topological polar surface area (TPSA) is 87.2 Å². The Morgan fingerprint density at radius 1 is 1.31 bits per heavy atom. The summed E-state index contributed by atoms with van der Waals surface area (Å²) in [6.45, 7) is 0. The molecule has 0 atom stereocenters. The number of nitrogens with one attached hydrogen (secondary N) is 1. The van der Waals surface area contributed by atoms with Crippen LogP contribution in [0.25, 0.3) is 0 Å². The van der Waals surface area contributed by atoms with Gasteiger partial charge in [0.05, 0.1) is 26.9 Å². The summed E-state index contributed by atoms with van der Waals surface area (Å²) in [6, 6.07) is 1.26. The average Bonchev–Trinajstić information content (AvgIpc) is 2.20. The molecule has 0 amide bonds. The molecule has 0 aliphatic heterocycles. The molecule has 1 aromatic rings. The molecule has 4 N–H and O–H groups in total. The molecule has 0 radical (unpaired) electrons. The van der Waals surface area contributed by atoms with E-state index in [1.54, 1.807) is 0 Å². The maximum atomic E-state index is 11.7. The molecule has 0 spiro atoms. The van der Waals surface area contributed by atoms with Crippen molar-refractivity contribution in [1.82, 2.24) is 0 Å². The van der Waals surface area contributed by atoms with E-state index < -0.39 is 5.78 Å². The van der Waals surface area contributed by atoms with E-state index in [2.05, 4.69) is 0 Å². The fourth-order valence-corrected chi connectivity index (χ4v) is 1.97. The van der Waals surface area contributed by atoms with Crippen LogP contribution in [0, 0.1) is 5.41 Å². The lowest BCUT2D eigenvalue weighted by Gasteiger charge is -2.17. The Balaban J connectivity index is 2.87. The zero-order chi connectivity index (χ0) is 12.0. The highest BCUT2D eigenvalue weighted by Gasteiger charge is 2.28. The Kier molecular flexibility index (Phi) is 2.40. The van der Waals surface area contributed by atoms with Gasteiger partial charge >= 0.3 is 0 Å². The number of nitrogen functional groups attached to an aromatic ring is 1. The van der Waals surface area contributed by atoms with Crippen molar-refractivity contribution in [3.05, 3.63) is 33.3 Å². The van der Waals surface area contributed by atoms with Crippen molar-refractivity contribution in [2.24, 2.45) is 0 Å². The SMILES string of the molecule is N=C1C=C(Cl)C(=O)c2c(N)cc(Cl)c(O)c21. The molecular weight excluding hydrogens is 251 g/mol. The lowest BCUT2D eigenvalue weighted by atomic mass is 9.92. The summed E-state index contributed by atoms with van der Waals surface area (Å²) in [6.07, 6.45) is 1.15. The lowest BCUT2D eigenvalue weighted by Crippen LogP contribution is -2.17. The van der Waals surface area contributed by atoms with Crippen LogP contribution in [0.1, 0.15) is 15.9 Å². The Bertz CT molecular complexity index is 564. The quantitative estimate of drug-likeness (QED) is 0.492. The predicted octanol–water partition coefficient (Wildman–Crippen LogP) is 2.31. The van der Waals surface area contributed by atoms with Gasteiger partial charge in [-0.05, 0) is 12.1 Å². The van der Waals surface area contributed by atoms with Gasteiger partial charge < -0.3 is 16.2 Å². The van der Waals surface area contributed by atoms with Crippen molar-refractivity contribution < 1.29 is 9.90 Å². The molecule has 0 fully saturated rings. The van der Waals surface area contributed by atoms with Crippen LogP contribution in [0.4, 0.5) is 5.69 Å². The van der Waals surface area contributed by atoms with Crippen LogP contribution in [0.3, 0.4) is 0 Å². The third-order valence-electron chi connectivity index (χ3n) is 2.27. The fourth-order valence-electron chi connectivity index (χ4n) is 1.55. The molecule has 82 valence electrons. The fraction of sp³-hybridized carbons (Fsp3) is 0. The third kappa shape index (κ3) is 1.38. The van der Waals surface area contributed by atoms with Crippen molar-refractivity contribution in [2.75, 3.05) is 5.73 Å². The van der Waals surface area contributed by atoms with Gasteiger partial charge in [-0.3, -0.25) is 4.79 Å². The van der Waals surface area contributed by atoms with E-state index in [1.807, 2.05) is 0 Å². The van der Waals surface area contributed by atoms with Gasteiger partial charge in [0, 0.05) is 5.69 Å². The first kappa shape index (κ1) is 11.0. The van der Waals surface area contributed by atoms with Crippen LogP contribution in [0.5, 0.6) is 5.75 Å². The molecule has 16 heavy (non-hydrogen) atoms. The van der Waals surface area contributed by atoms with E-state index in [0.717, 1.165) is 6.08 Å². The molecule has 6 heteroatoms. The van der Waals surface area contributed by atoms with E-state index in [0.29, 0.717) is 0 Å². The van der Waals surface area contributed by atoms with E-state index in [4.69, 9.17) is 34.3 Å². The van der Waals surface area contributed by atoms with Gasteiger partial charge in [0.15, 0.2) is 0 Å². The highest BCUT2D eigenvalue weighted by Crippen LogP contribution is 2.38. The molecule has 0 heterocycles. The van der Waals surface area contributed by atoms with Gasteiger partial charge in [-0.25, -0.2) is 0 Å². The summed E-state index contributed by atoms with van der Waals surface area (Å²) in [4.78, 5) is 11.7. The molecule has 0 unspecified atom stereocenters. The van der Waals surface area contributed by atoms with Gasteiger partial charge in [-0.15, -0.1) is 0 Å². The molecule has 0 saturated heterocycles. The number of anilines is 1. The van der Waals surface area contributed by atoms with Crippen molar-refractivity contribution in [1.29, 1.82) is 5.41 Å². The first-order valence-corrected chi connectivity index (χ1v) is 5.01. The number of phenols is 1. The Hall–Kier alpha value is -1.52. The first-order chi connectivity index (χ1) is 7.43. The van der Waals surface area contributed by atoms with Crippen molar-refractivity contribution >= 4 is 40.4 Å². The van der Waals surface area contributed by atoms with Crippen LogP contribution in [-0.2, 0) is 0 Å². The number of allylic oxidation sites excluding steroid dienone is 2. The zero-order valence-electron chi connectivity index (χ0n) is 7.84. The number of rotatable bonds is 0. The minimum atomic E-state index is -0.517. The molecule has 1 aromatic carbocycles. The van der Waals surface area contributed by atoms with Gasteiger partial charge in [-0.1, -0.05) is 23.2 Å². The van der Waals surface area contributed by atoms with Crippen LogP contribution in [0.2, 0.25) is 5.02 Å². The normalized spacial score (nSPS) is 14.8. The van der Waals surface area contributed by atoms with Crippen LogP contribution >= 0.6 is 23.2 Å². The summed E-state index contributed by atoms with van der Waals surface area (Å²) in [5.41, 5.74) is 5.69. The largest absolute Gasteiger partial charge is 0.506 e. The number of benzene rings is 1. The lowest BCUT2D eigenvalue weighted by molar-refractivity contribution is 0.104. The molecule has 0 aromatic heterocycles. The number of hydrogen-bond donors (Lipinski definition) is 3. The molecule has 1 aliphatic rings. The summed E-state index contributed by atoms with van der Waals surface area (Å²) >= 11 is 11.4. The van der Waals surface area contributed by atoms with Gasteiger partial charge in [0.1, 0.15) is 5.75 Å². The van der Waals surface area contributed by atoms with E-state index in [1.165, 1.54) is 6.07 Å².